The standard InChI is InChI=1S/C11H13NO2S2/c1-14-10(13)9-8(4-2-5-12-9)11-15-6-3-7-16-11/h2,4-5,11H,3,6-7H2,1H3. The van der Waals surface area contributed by atoms with Crippen LogP contribution >= 0.6 is 23.5 Å². The molecule has 1 saturated heterocycles. The van der Waals surface area contributed by atoms with E-state index in [1.54, 1.807) is 6.20 Å². The molecule has 0 spiro atoms. The van der Waals surface area contributed by atoms with Crippen LogP contribution in [0.5, 0.6) is 0 Å². The first-order chi connectivity index (χ1) is 7.83. The van der Waals surface area contributed by atoms with Crippen molar-refractivity contribution in [3.05, 3.63) is 29.6 Å². The SMILES string of the molecule is COC(=O)c1ncccc1C1SCCCS1. The maximum absolute atomic E-state index is 11.6. The molecule has 0 unspecified atom stereocenters. The number of thioether (sulfide) groups is 2. The second-order valence-corrected chi connectivity index (χ2v) is 6.08. The van der Waals surface area contributed by atoms with E-state index in [0.717, 1.165) is 17.1 Å². The molecule has 0 N–H and O–H groups in total. The Bertz CT molecular complexity index is 378. The average molecular weight is 255 g/mol. The van der Waals surface area contributed by atoms with Gasteiger partial charge in [-0.25, -0.2) is 9.78 Å². The van der Waals surface area contributed by atoms with Crippen LogP contribution in [0.4, 0.5) is 0 Å². The molecule has 2 rings (SSSR count). The van der Waals surface area contributed by atoms with Crippen LogP contribution in [0.25, 0.3) is 0 Å². The lowest BCUT2D eigenvalue weighted by Gasteiger charge is -2.22. The molecule has 1 aliphatic heterocycles. The summed E-state index contributed by atoms with van der Waals surface area (Å²) in [5.41, 5.74) is 1.45. The minimum Gasteiger partial charge on any atom is -0.464 e. The van der Waals surface area contributed by atoms with Crippen molar-refractivity contribution in [3.63, 3.8) is 0 Å². The molecule has 0 saturated carbocycles. The lowest BCUT2D eigenvalue weighted by molar-refractivity contribution is 0.0593. The fraction of sp³-hybridized carbons (Fsp3) is 0.455. The van der Waals surface area contributed by atoms with Gasteiger partial charge in [0.15, 0.2) is 5.69 Å². The largest absolute Gasteiger partial charge is 0.464 e. The van der Waals surface area contributed by atoms with Crippen LogP contribution in [0.15, 0.2) is 18.3 Å². The molecule has 1 fully saturated rings. The monoisotopic (exact) mass is 255 g/mol. The van der Waals surface area contributed by atoms with E-state index >= 15 is 0 Å². The number of ether oxygens (including phenoxy) is 1. The van der Waals surface area contributed by atoms with Crippen LogP contribution in [-0.4, -0.2) is 29.6 Å². The van der Waals surface area contributed by atoms with Crippen molar-refractivity contribution in [1.29, 1.82) is 0 Å². The van der Waals surface area contributed by atoms with Crippen LogP contribution in [0.1, 0.15) is 27.1 Å². The molecule has 2 heterocycles. The first-order valence-corrected chi connectivity index (χ1v) is 7.19. The second-order valence-electron chi connectivity index (χ2n) is 3.36. The number of aromatic nitrogens is 1. The number of methoxy groups -OCH3 is 1. The Kier molecular flexibility index (Phi) is 4.12. The van der Waals surface area contributed by atoms with E-state index in [-0.39, 0.29) is 5.97 Å². The Morgan fingerprint density at radius 2 is 2.25 bits per heavy atom. The molecule has 0 amide bonds. The van der Waals surface area contributed by atoms with Crippen LogP contribution in [0.2, 0.25) is 0 Å². The quantitative estimate of drug-likeness (QED) is 0.760. The van der Waals surface area contributed by atoms with Gasteiger partial charge < -0.3 is 4.74 Å². The van der Waals surface area contributed by atoms with Crippen molar-refractivity contribution in [1.82, 2.24) is 4.98 Å². The Labute approximate surface area is 103 Å². The van der Waals surface area contributed by atoms with E-state index in [9.17, 15) is 4.79 Å². The van der Waals surface area contributed by atoms with Crippen molar-refractivity contribution in [3.8, 4) is 0 Å². The third kappa shape index (κ3) is 2.52. The number of rotatable bonds is 2. The lowest BCUT2D eigenvalue weighted by Crippen LogP contribution is -2.11. The minimum atomic E-state index is -0.345. The zero-order valence-corrected chi connectivity index (χ0v) is 10.6. The summed E-state index contributed by atoms with van der Waals surface area (Å²) in [6, 6.07) is 3.84. The van der Waals surface area contributed by atoms with Crippen molar-refractivity contribution in [2.75, 3.05) is 18.6 Å². The highest BCUT2D eigenvalue weighted by Crippen LogP contribution is 2.44. The van der Waals surface area contributed by atoms with Gasteiger partial charge >= 0.3 is 5.97 Å². The Morgan fingerprint density at radius 1 is 1.50 bits per heavy atom. The Balaban J connectivity index is 2.28. The topological polar surface area (TPSA) is 39.2 Å². The van der Waals surface area contributed by atoms with Crippen LogP contribution in [0, 0.1) is 0 Å². The van der Waals surface area contributed by atoms with Crippen LogP contribution in [-0.2, 0) is 4.74 Å². The lowest BCUT2D eigenvalue weighted by atomic mass is 10.2. The van der Waals surface area contributed by atoms with E-state index in [1.807, 2.05) is 35.7 Å². The number of carbonyl (C=O) groups excluding carboxylic acids is 1. The fourth-order valence-corrected chi connectivity index (χ4v) is 4.48. The molecule has 0 radical (unpaired) electrons. The van der Waals surface area contributed by atoms with Gasteiger partial charge in [-0.15, -0.1) is 23.5 Å². The molecule has 86 valence electrons. The van der Waals surface area contributed by atoms with Crippen LogP contribution < -0.4 is 0 Å². The van der Waals surface area contributed by atoms with Gasteiger partial charge in [-0.1, -0.05) is 6.07 Å². The van der Waals surface area contributed by atoms with Gasteiger partial charge in [0.1, 0.15) is 0 Å². The Morgan fingerprint density at radius 3 is 2.94 bits per heavy atom. The summed E-state index contributed by atoms with van der Waals surface area (Å²) in [5, 5.41) is 0. The van der Waals surface area contributed by atoms with Gasteiger partial charge in [-0.05, 0) is 24.0 Å². The fourth-order valence-electron chi connectivity index (χ4n) is 1.54. The third-order valence-corrected chi connectivity index (χ3v) is 5.28. The highest BCUT2D eigenvalue weighted by molar-refractivity contribution is 8.16. The molecule has 0 bridgehead atoms. The summed E-state index contributed by atoms with van der Waals surface area (Å²) >= 11 is 3.75. The third-order valence-electron chi connectivity index (χ3n) is 2.30. The maximum Gasteiger partial charge on any atom is 0.357 e. The highest BCUT2D eigenvalue weighted by Gasteiger charge is 2.23. The molecule has 0 aromatic carbocycles. The predicted molar refractivity (Wildman–Crippen MR) is 67.9 cm³/mol. The summed E-state index contributed by atoms with van der Waals surface area (Å²) in [6.07, 6.45) is 2.87. The molecule has 3 nitrogen and oxygen atoms in total. The normalized spacial score (nSPS) is 17.1. The zero-order valence-electron chi connectivity index (χ0n) is 9.01. The van der Waals surface area contributed by atoms with Gasteiger partial charge in [0, 0.05) is 11.8 Å². The summed E-state index contributed by atoms with van der Waals surface area (Å²) in [5.74, 6) is 1.95. The van der Waals surface area contributed by atoms with E-state index in [2.05, 4.69) is 4.98 Å². The molecule has 1 aliphatic rings. The van der Waals surface area contributed by atoms with Gasteiger partial charge in [0.05, 0.1) is 11.7 Å². The molecular weight excluding hydrogens is 242 g/mol. The average Bonchev–Trinajstić information content (AvgIpc) is 2.39. The number of esters is 1. The number of hydrogen-bond acceptors (Lipinski definition) is 5. The molecule has 5 heteroatoms. The van der Waals surface area contributed by atoms with Crippen molar-refractivity contribution in [2.45, 2.75) is 11.0 Å². The van der Waals surface area contributed by atoms with Gasteiger partial charge in [-0.2, -0.15) is 0 Å². The first-order valence-electron chi connectivity index (χ1n) is 5.09. The number of nitrogens with zero attached hydrogens (tertiary/aromatic N) is 1. The molecule has 16 heavy (non-hydrogen) atoms. The smallest absolute Gasteiger partial charge is 0.357 e. The predicted octanol–water partition coefficient (Wildman–Crippen LogP) is 2.74. The summed E-state index contributed by atoms with van der Waals surface area (Å²) in [6.45, 7) is 0. The van der Waals surface area contributed by atoms with Crippen molar-refractivity contribution >= 4 is 29.5 Å². The Hall–Kier alpha value is -0.680. The first kappa shape index (κ1) is 11.8. The van der Waals surface area contributed by atoms with E-state index in [4.69, 9.17) is 4.74 Å². The van der Waals surface area contributed by atoms with Crippen molar-refractivity contribution in [2.24, 2.45) is 0 Å². The summed E-state index contributed by atoms with van der Waals surface area (Å²) in [7, 11) is 1.39. The molecule has 0 atom stereocenters. The number of hydrogen-bond donors (Lipinski definition) is 0. The molecular formula is C11H13NO2S2. The van der Waals surface area contributed by atoms with E-state index in [0.29, 0.717) is 10.3 Å². The zero-order chi connectivity index (χ0) is 11.4. The summed E-state index contributed by atoms with van der Waals surface area (Å²) < 4.78 is 5.06. The number of carbonyl (C=O) groups is 1. The highest BCUT2D eigenvalue weighted by atomic mass is 32.2. The maximum atomic E-state index is 11.6. The summed E-state index contributed by atoms with van der Waals surface area (Å²) in [4.78, 5) is 15.7. The minimum absolute atomic E-state index is 0.316. The van der Waals surface area contributed by atoms with Crippen LogP contribution in [0.3, 0.4) is 0 Å². The van der Waals surface area contributed by atoms with E-state index in [1.165, 1.54) is 13.5 Å². The molecule has 1 aromatic heterocycles. The number of pyridine rings is 1. The van der Waals surface area contributed by atoms with Gasteiger partial charge in [-0.3, -0.25) is 0 Å². The molecule has 0 aliphatic carbocycles. The van der Waals surface area contributed by atoms with E-state index < -0.39 is 0 Å². The molecule has 1 aromatic rings. The van der Waals surface area contributed by atoms with Crippen molar-refractivity contribution < 1.29 is 9.53 Å². The van der Waals surface area contributed by atoms with Gasteiger partial charge in [0.25, 0.3) is 0 Å². The van der Waals surface area contributed by atoms with Gasteiger partial charge in [0.2, 0.25) is 0 Å². The second kappa shape index (κ2) is 5.59.